The van der Waals surface area contributed by atoms with Gasteiger partial charge in [-0.2, -0.15) is 4.31 Å². The Morgan fingerprint density at radius 1 is 0.960 bits per heavy atom. The summed E-state index contributed by atoms with van der Waals surface area (Å²) in [5.41, 5.74) is 4.02. The monoisotopic (exact) mass is 361 g/mol. The third kappa shape index (κ3) is 4.46. The third-order valence-corrected chi connectivity index (χ3v) is 6.09. The van der Waals surface area contributed by atoms with Crippen molar-refractivity contribution in [1.82, 2.24) is 4.31 Å². The van der Waals surface area contributed by atoms with Crippen molar-refractivity contribution in [1.29, 1.82) is 0 Å². The Bertz CT molecular complexity index is 863. The number of carboxylic acid groups (broad SMARTS) is 1. The molecule has 0 unspecified atom stereocenters. The second-order valence-corrected chi connectivity index (χ2v) is 8.26. The number of carboxylic acids is 1. The first-order valence-electron chi connectivity index (χ1n) is 7.96. The molecule has 0 aliphatic heterocycles. The summed E-state index contributed by atoms with van der Waals surface area (Å²) in [4.78, 5) is 11.4. The van der Waals surface area contributed by atoms with Crippen molar-refractivity contribution in [2.45, 2.75) is 39.1 Å². The summed E-state index contributed by atoms with van der Waals surface area (Å²) in [6.07, 6.45) is 0. The minimum absolute atomic E-state index is 0.0155. The number of aryl methyl sites for hydroxylation is 4. The zero-order chi connectivity index (χ0) is 18.8. The first kappa shape index (κ1) is 19.1. The van der Waals surface area contributed by atoms with Gasteiger partial charge in [0.2, 0.25) is 10.0 Å². The molecule has 0 amide bonds. The fraction of sp³-hybridized carbons (Fsp3) is 0.316. The number of nitrogens with zero attached hydrogens (tertiary/aromatic N) is 1. The first-order chi connectivity index (χ1) is 11.6. The summed E-state index contributed by atoms with van der Waals surface area (Å²) in [5, 5.41) is 9.19. The van der Waals surface area contributed by atoms with E-state index in [-0.39, 0.29) is 11.4 Å². The van der Waals surface area contributed by atoms with Gasteiger partial charge < -0.3 is 5.11 Å². The highest BCUT2D eigenvalue weighted by Crippen LogP contribution is 2.26. The van der Waals surface area contributed by atoms with E-state index in [0.717, 1.165) is 21.0 Å². The molecule has 0 saturated carbocycles. The molecular weight excluding hydrogens is 338 g/mol. The Morgan fingerprint density at radius 3 is 1.96 bits per heavy atom. The molecule has 25 heavy (non-hydrogen) atoms. The van der Waals surface area contributed by atoms with Gasteiger partial charge in [-0.15, -0.1) is 0 Å². The number of benzene rings is 2. The van der Waals surface area contributed by atoms with E-state index in [9.17, 15) is 18.3 Å². The maximum Gasteiger partial charge on any atom is 0.318 e. The minimum atomic E-state index is -3.93. The van der Waals surface area contributed by atoms with E-state index >= 15 is 0 Å². The summed E-state index contributed by atoms with van der Waals surface area (Å²) in [5.74, 6) is -1.18. The van der Waals surface area contributed by atoms with Gasteiger partial charge in [0, 0.05) is 6.54 Å². The van der Waals surface area contributed by atoms with Crippen molar-refractivity contribution in [2.24, 2.45) is 0 Å². The Hall–Kier alpha value is -2.18. The fourth-order valence-electron chi connectivity index (χ4n) is 2.98. The third-order valence-electron chi connectivity index (χ3n) is 3.99. The lowest BCUT2D eigenvalue weighted by molar-refractivity contribution is -0.137. The molecule has 2 aromatic rings. The lowest BCUT2D eigenvalue weighted by Gasteiger charge is -2.23. The van der Waals surface area contributed by atoms with Crippen LogP contribution < -0.4 is 0 Å². The van der Waals surface area contributed by atoms with Crippen molar-refractivity contribution < 1.29 is 18.3 Å². The molecule has 0 atom stereocenters. The molecule has 5 nitrogen and oxygen atoms in total. The van der Waals surface area contributed by atoms with Gasteiger partial charge in [0.25, 0.3) is 0 Å². The summed E-state index contributed by atoms with van der Waals surface area (Å²) >= 11 is 0. The van der Waals surface area contributed by atoms with Gasteiger partial charge >= 0.3 is 5.97 Å². The Balaban J connectivity index is 2.49. The molecule has 2 rings (SSSR count). The van der Waals surface area contributed by atoms with Crippen LogP contribution in [0.1, 0.15) is 27.8 Å². The molecule has 0 radical (unpaired) electrons. The van der Waals surface area contributed by atoms with Gasteiger partial charge in [0.15, 0.2) is 0 Å². The first-order valence-corrected chi connectivity index (χ1v) is 9.40. The van der Waals surface area contributed by atoms with Gasteiger partial charge in [-0.1, -0.05) is 47.5 Å². The average molecular weight is 361 g/mol. The molecule has 6 heteroatoms. The number of sulfonamides is 1. The molecule has 134 valence electrons. The lowest BCUT2D eigenvalue weighted by Crippen LogP contribution is -2.36. The fourth-order valence-corrected chi connectivity index (χ4v) is 4.77. The van der Waals surface area contributed by atoms with E-state index in [1.54, 1.807) is 26.0 Å². The highest BCUT2D eigenvalue weighted by molar-refractivity contribution is 7.89. The maximum absolute atomic E-state index is 13.2. The summed E-state index contributed by atoms with van der Waals surface area (Å²) in [6, 6.07) is 11.0. The minimum Gasteiger partial charge on any atom is -0.480 e. The summed E-state index contributed by atoms with van der Waals surface area (Å²) < 4.78 is 27.3. The van der Waals surface area contributed by atoms with E-state index in [0.29, 0.717) is 11.1 Å². The second-order valence-electron chi connectivity index (χ2n) is 6.38. The second kappa shape index (κ2) is 7.37. The van der Waals surface area contributed by atoms with Crippen molar-refractivity contribution in [3.8, 4) is 0 Å². The van der Waals surface area contributed by atoms with E-state index in [4.69, 9.17) is 0 Å². The van der Waals surface area contributed by atoms with Crippen LogP contribution in [0.15, 0.2) is 41.3 Å². The number of rotatable bonds is 6. The molecule has 2 aromatic carbocycles. The van der Waals surface area contributed by atoms with Crippen LogP contribution in [0, 0.1) is 27.7 Å². The Morgan fingerprint density at radius 2 is 1.48 bits per heavy atom. The zero-order valence-electron chi connectivity index (χ0n) is 14.9. The highest BCUT2D eigenvalue weighted by atomic mass is 32.2. The maximum atomic E-state index is 13.2. The van der Waals surface area contributed by atoms with Gasteiger partial charge in [-0.25, -0.2) is 8.42 Å². The van der Waals surface area contributed by atoms with E-state index < -0.39 is 22.5 Å². The van der Waals surface area contributed by atoms with Gasteiger partial charge in [-0.3, -0.25) is 4.79 Å². The molecular formula is C19H23NO4S. The van der Waals surface area contributed by atoms with Crippen molar-refractivity contribution in [3.63, 3.8) is 0 Å². The number of aliphatic carboxylic acids is 1. The number of hydrogen-bond donors (Lipinski definition) is 1. The van der Waals surface area contributed by atoms with Crippen LogP contribution in [0.2, 0.25) is 0 Å². The zero-order valence-corrected chi connectivity index (χ0v) is 15.7. The van der Waals surface area contributed by atoms with E-state index in [2.05, 4.69) is 0 Å². The van der Waals surface area contributed by atoms with Gasteiger partial charge in [0.1, 0.15) is 6.54 Å². The van der Waals surface area contributed by atoms with E-state index in [1.807, 2.05) is 38.1 Å². The molecule has 0 spiro atoms. The topological polar surface area (TPSA) is 74.7 Å². The van der Waals surface area contributed by atoms with Crippen LogP contribution in [0.5, 0.6) is 0 Å². The Kier molecular flexibility index (Phi) is 5.65. The SMILES string of the molecule is Cc1ccc(CN(CC(=O)O)S(=O)(=O)c2c(C)cc(C)cc2C)cc1. The number of carbonyl (C=O) groups is 1. The Labute approximate surface area is 149 Å². The van der Waals surface area contributed by atoms with Crippen LogP contribution in [-0.4, -0.2) is 30.3 Å². The predicted octanol–water partition coefficient (Wildman–Crippen LogP) is 3.20. The molecule has 0 aromatic heterocycles. The van der Waals surface area contributed by atoms with Crippen LogP contribution in [-0.2, 0) is 21.4 Å². The van der Waals surface area contributed by atoms with Crippen LogP contribution in [0.25, 0.3) is 0 Å². The highest BCUT2D eigenvalue weighted by Gasteiger charge is 2.29. The molecule has 0 bridgehead atoms. The van der Waals surface area contributed by atoms with Crippen LogP contribution in [0.4, 0.5) is 0 Å². The normalized spacial score (nSPS) is 11.7. The molecule has 0 aliphatic carbocycles. The molecule has 0 saturated heterocycles. The van der Waals surface area contributed by atoms with Crippen LogP contribution in [0.3, 0.4) is 0 Å². The van der Waals surface area contributed by atoms with Gasteiger partial charge in [0.05, 0.1) is 4.90 Å². The summed E-state index contributed by atoms with van der Waals surface area (Å²) in [6.45, 7) is 6.74. The number of hydrogen-bond acceptors (Lipinski definition) is 3. The van der Waals surface area contributed by atoms with Gasteiger partial charge in [-0.05, 0) is 44.4 Å². The quantitative estimate of drug-likeness (QED) is 0.857. The molecule has 0 heterocycles. The molecule has 0 aliphatic rings. The summed E-state index contributed by atoms with van der Waals surface area (Å²) in [7, 11) is -3.93. The smallest absolute Gasteiger partial charge is 0.318 e. The lowest BCUT2D eigenvalue weighted by atomic mass is 10.1. The molecule has 1 N–H and O–H groups in total. The van der Waals surface area contributed by atoms with Crippen LogP contribution >= 0.6 is 0 Å². The molecule has 0 fully saturated rings. The van der Waals surface area contributed by atoms with Crippen molar-refractivity contribution in [2.75, 3.05) is 6.54 Å². The van der Waals surface area contributed by atoms with Crippen molar-refractivity contribution in [3.05, 3.63) is 64.2 Å². The standard InChI is InChI=1S/C19H23NO4S/c1-13-5-7-17(8-6-13)11-20(12-18(21)22)25(23,24)19-15(3)9-14(2)10-16(19)4/h5-10H,11-12H2,1-4H3,(H,21,22). The predicted molar refractivity (Wildman–Crippen MR) is 97.1 cm³/mol. The average Bonchev–Trinajstić information content (AvgIpc) is 2.47. The van der Waals surface area contributed by atoms with E-state index in [1.165, 1.54) is 0 Å². The largest absolute Gasteiger partial charge is 0.480 e. The van der Waals surface area contributed by atoms with Crippen molar-refractivity contribution >= 4 is 16.0 Å².